The van der Waals surface area contributed by atoms with Gasteiger partial charge in [0.2, 0.25) is 5.91 Å². The number of benzene rings is 2. The third-order valence-corrected chi connectivity index (χ3v) is 5.88. The molecule has 1 aromatic heterocycles. The maximum atomic E-state index is 13.8. The van der Waals surface area contributed by atoms with E-state index in [4.69, 9.17) is 4.74 Å². The van der Waals surface area contributed by atoms with Crippen LogP contribution in [-0.2, 0) is 9.53 Å². The Morgan fingerprint density at radius 2 is 1.84 bits per heavy atom. The molecular formula is C24H27N3O3S. The van der Waals surface area contributed by atoms with Crippen molar-refractivity contribution < 1.29 is 14.3 Å². The van der Waals surface area contributed by atoms with Gasteiger partial charge in [0.1, 0.15) is 10.9 Å². The van der Waals surface area contributed by atoms with E-state index >= 15 is 0 Å². The topological polar surface area (TPSA) is 71.5 Å². The molecule has 0 spiro atoms. The average Bonchev–Trinajstić information content (AvgIpc) is 3.10. The minimum atomic E-state index is -0.839. The molecule has 7 heteroatoms. The van der Waals surface area contributed by atoms with Crippen molar-refractivity contribution in [1.29, 1.82) is 0 Å². The van der Waals surface area contributed by atoms with E-state index in [9.17, 15) is 9.59 Å². The van der Waals surface area contributed by atoms with E-state index in [0.29, 0.717) is 29.4 Å². The van der Waals surface area contributed by atoms with Gasteiger partial charge in [0.25, 0.3) is 5.91 Å². The molecule has 2 aromatic carbocycles. The predicted molar refractivity (Wildman–Crippen MR) is 124 cm³/mol. The Balaban J connectivity index is 2.14. The van der Waals surface area contributed by atoms with Crippen LogP contribution in [-0.4, -0.2) is 37.1 Å². The molecular weight excluding hydrogens is 410 g/mol. The molecule has 31 heavy (non-hydrogen) atoms. The highest BCUT2D eigenvalue weighted by Crippen LogP contribution is 2.32. The number of hydrogen-bond donors (Lipinski definition) is 1. The molecule has 162 valence electrons. The zero-order valence-electron chi connectivity index (χ0n) is 18.2. The van der Waals surface area contributed by atoms with E-state index in [-0.39, 0.29) is 11.8 Å². The zero-order chi connectivity index (χ0) is 22.4. The van der Waals surface area contributed by atoms with Gasteiger partial charge >= 0.3 is 0 Å². The van der Waals surface area contributed by atoms with Crippen LogP contribution in [0.15, 0.2) is 54.6 Å². The number of nitrogens with zero attached hydrogens (tertiary/aromatic N) is 2. The van der Waals surface area contributed by atoms with Crippen LogP contribution in [0.1, 0.15) is 37.5 Å². The summed E-state index contributed by atoms with van der Waals surface area (Å²) in [6.07, 6.45) is 0. The molecule has 3 rings (SSSR count). The highest BCUT2D eigenvalue weighted by Gasteiger charge is 2.34. The van der Waals surface area contributed by atoms with Gasteiger partial charge < -0.3 is 10.1 Å². The molecule has 0 aliphatic rings. The molecule has 2 amide bonds. The summed E-state index contributed by atoms with van der Waals surface area (Å²) in [7, 11) is 1.58. The van der Waals surface area contributed by atoms with Crippen LogP contribution in [0.5, 0.6) is 0 Å². The average molecular weight is 438 g/mol. The van der Waals surface area contributed by atoms with Crippen LogP contribution in [0.25, 0.3) is 0 Å². The highest BCUT2D eigenvalue weighted by atomic mass is 32.1. The first kappa shape index (κ1) is 22.7. The summed E-state index contributed by atoms with van der Waals surface area (Å²) in [5, 5.41) is 3.71. The highest BCUT2D eigenvalue weighted by molar-refractivity contribution is 7.13. The monoisotopic (exact) mass is 437 g/mol. The minimum Gasteiger partial charge on any atom is -0.383 e. The summed E-state index contributed by atoms with van der Waals surface area (Å²) in [5.41, 5.74) is 3.05. The molecule has 0 bridgehead atoms. The molecule has 0 radical (unpaired) electrons. The lowest BCUT2D eigenvalue weighted by molar-refractivity contribution is -0.122. The fourth-order valence-corrected chi connectivity index (χ4v) is 4.28. The molecule has 6 nitrogen and oxygen atoms in total. The second-order valence-corrected chi connectivity index (χ2v) is 8.46. The number of amides is 2. The number of carbonyl (C=O) groups excluding carboxylic acids is 2. The first-order valence-corrected chi connectivity index (χ1v) is 10.9. The Bertz CT molecular complexity index is 1050. The van der Waals surface area contributed by atoms with Crippen LogP contribution in [0.3, 0.4) is 0 Å². The molecule has 1 N–H and O–H groups in total. The summed E-state index contributed by atoms with van der Waals surface area (Å²) in [4.78, 5) is 33.7. The zero-order valence-corrected chi connectivity index (χ0v) is 19.0. The third-order valence-electron chi connectivity index (χ3n) is 4.82. The lowest BCUT2D eigenvalue weighted by Gasteiger charge is -2.31. The van der Waals surface area contributed by atoms with Gasteiger partial charge in [-0.2, -0.15) is 0 Å². The second-order valence-electron chi connectivity index (χ2n) is 7.26. The lowest BCUT2D eigenvalue weighted by atomic mass is 10.0. The Labute approximate surface area is 186 Å². The van der Waals surface area contributed by atoms with Gasteiger partial charge in [0.15, 0.2) is 0 Å². The quantitative estimate of drug-likeness (QED) is 0.536. The van der Waals surface area contributed by atoms with Crippen LogP contribution in [0.2, 0.25) is 0 Å². The number of carbonyl (C=O) groups is 2. The van der Waals surface area contributed by atoms with Crippen LogP contribution < -0.4 is 10.2 Å². The Morgan fingerprint density at radius 3 is 2.45 bits per heavy atom. The molecule has 0 saturated carbocycles. The molecule has 0 aliphatic carbocycles. The lowest BCUT2D eigenvalue weighted by Crippen LogP contribution is -2.44. The fraction of sp³-hybridized carbons (Fsp3) is 0.292. The van der Waals surface area contributed by atoms with Gasteiger partial charge in [0.05, 0.1) is 17.3 Å². The van der Waals surface area contributed by atoms with Crippen molar-refractivity contribution in [3.63, 3.8) is 0 Å². The SMILES string of the molecule is COCCNC(=O)[C@@H](c1ccccc1)N(C(=O)c1sc(C)nc1C)c1cccc(C)c1. The number of aryl methyl sites for hydroxylation is 3. The number of methoxy groups -OCH3 is 1. The number of thiazole rings is 1. The van der Waals surface area contributed by atoms with Crippen molar-refractivity contribution in [1.82, 2.24) is 10.3 Å². The van der Waals surface area contributed by atoms with Crippen molar-refractivity contribution >= 4 is 28.8 Å². The van der Waals surface area contributed by atoms with E-state index in [1.807, 2.05) is 75.4 Å². The summed E-state index contributed by atoms with van der Waals surface area (Å²) in [6.45, 7) is 6.40. The maximum Gasteiger partial charge on any atom is 0.271 e. The summed E-state index contributed by atoms with van der Waals surface area (Å²) >= 11 is 1.34. The van der Waals surface area contributed by atoms with E-state index in [1.54, 1.807) is 12.0 Å². The Kier molecular flexibility index (Phi) is 7.55. The normalized spacial score (nSPS) is 11.7. The number of aromatic nitrogens is 1. The van der Waals surface area contributed by atoms with Gasteiger partial charge in [-0.05, 0) is 44.0 Å². The maximum absolute atomic E-state index is 13.8. The smallest absolute Gasteiger partial charge is 0.271 e. The van der Waals surface area contributed by atoms with E-state index in [2.05, 4.69) is 10.3 Å². The number of hydrogen-bond acceptors (Lipinski definition) is 5. The number of ether oxygens (including phenoxy) is 1. The molecule has 0 fully saturated rings. The van der Waals surface area contributed by atoms with E-state index in [1.165, 1.54) is 11.3 Å². The summed E-state index contributed by atoms with van der Waals surface area (Å²) in [5.74, 6) is -0.513. The van der Waals surface area contributed by atoms with Gasteiger partial charge in [-0.3, -0.25) is 14.5 Å². The Morgan fingerprint density at radius 1 is 1.10 bits per heavy atom. The van der Waals surface area contributed by atoms with Crippen molar-refractivity contribution in [2.45, 2.75) is 26.8 Å². The van der Waals surface area contributed by atoms with Gasteiger partial charge in [-0.15, -0.1) is 11.3 Å². The molecule has 1 atom stereocenters. The molecule has 0 unspecified atom stereocenters. The summed E-state index contributed by atoms with van der Waals surface area (Å²) < 4.78 is 5.07. The summed E-state index contributed by atoms with van der Waals surface area (Å²) in [6, 6.07) is 16.1. The standard InChI is InChI=1S/C24H27N3O3S/c1-16-9-8-12-20(15-16)27(24(29)22-17(2)26-18(3)31-22)21(19-10-6-5-7-11-19)23(28)25-13-14-30-4/h5-12,15,21H,13-14H2,1-4H3,(H,25,28)/t21-/m1/s1. The van der Waals surface area contributed by atoms with Crippen LogP contribution in [0.4, 0.5) is 5.69 Å². The molecule has 0 saturated heterocycles. The third kappa shape index (κ3) is 5.37. The van der Waals surface area contributed by atoms with E-state index in [0.717, 1.165) is 16.1 Å². The van der Waals surface area contributed by atoms with E-state index < -0.39 is 6.04 Å². The Hall–Kier alpha value is -3.03. The largest absolute Gasteiger partial charge is 0.383 e. The molecule has 3 aromatic rings. The van der Waals surface area contributed by atoms with Gasteiger partial charge in [-0.25, -0.2) is 4.98 Å². The van der Waals surface area contributed by atoms with Crippen molar-refractivity contribution in [2.24, 2.45) is 0 Å². The molecule has 0 aliphatic heterocycles. The number of anilines is 1. The van der Waals surface area contributed by atoms with Gasteiger partial charge in [-0.1, -0.05) is 42.5 Å². The number of nitrogens with one attached hydrogen (secondary N) is 1. The van der Waals surface area contributed by atoms with Gasteiger partial charge in [0, 0.05) is 19.3 Å². The second kappa shape index (κ2) is 10.3. The van der Waals surface area contributed by atoms with Crippen molar-refractivity contribution in [3.8, 4) is 0 Å². The first-order valence-electron chi connectivity index (χ1n) is 10.1. The van der Waals surface area contributed by atoms with Crippen LogP contribution >= 0.6 is 11.3 Å². The van der Waals surface area contributed by atoms with Crippen molar-refractivity contribution in [3.05, 3.63) is 81.3 Å². The first-order chi connectivity index (χ1) is 14.9. The molecule has 1 heterocycles. The minimum absolute atomic E-state index is 0.246. The number of rotatable bonds is 8. The van der Waals surface area contributed by atoms with Crippen molar-refractivity contribution in [2.75, 3.05) is 25.2 Å². The fourth-order valence-electron chi connectivity index (χ4n) is 3.43. The predicted octanol–water partition coefficient (Wildman–Crippen LogP) is 4.22. The van der Waals surface area contributed by atoms with Crippen LogP contribution in [0, 0.1) is 20.8 Å².